The minimum absolute atomic E-state index is 0.0395. The van der Waals surface area contributed by atoms with Gasteiger partial charge in [-0.05, 0) is 74.7 Å². The first-order valence-corrected chi connectivity index (χ1v) is 10.8. The molecule has 1 atom stereocenters. The van der Waals surface area contributed by atoms with Gasteiger partial charge in [-0.25, -0.2) is 0 Å². The van der Waals surface area contributed by atoms with E-state index < -0.39 is 0 Å². The number of piperidine rings is 1. The normalized spacial score (nSPS) is 16.4. The number of benzene rings is 1. The largest absolute Gasteiger partial charge is 0.507 e. The third-order valence-electron chi connectivity index (χ3n) is 6.31. The van der Waals surface area contributed by atoms with Gasteiger partial charge in [0.1, 0.15) is 17.3 Å². The average Bonchev–Trinajstić information content (AvgIpc) is 3.28. The Morgan fingerprint density at radius 1 is 1.19 bits per heavy atom. The highest BCUT2D eigenvalue weighted by Crippen LogP contribution is 2.35. The van der Waals surface area contributed by atoms with Crippen LogP contribution in [0.4, 0.5) is 0 Å². The van der Waals surface area contributed by atoms with Crippen LogP contribution in [0.15, 0.2) is 57.9 Å². The summed E-state index contributed by atoms with van der Waals surface area (Å²) in [6.07, 6.45) is 3.74. The van der Waals surface area contributed by atoms with Crippen molar-refractivity contribution in [2.45, 2.75) is 39.3 Å². The molecule has 6 nitrogen and oxygen atoms in total. The van der Waals surface area contributed by atoms with Crippen molar-refractivity contribution < 1.29 is 14.3 Å². The number of nitrogens with zero attached hydrogens (tertiary/aromatic N) is 2. The molecule has 3 heterocycles. The molecule has 1 fully saturated rings. The van der Waals surface area contributed by atoms with Crippen LogP contribution in [0.3, 0.4) is 0 Å². The zero-order valence-electron chi connectivity index (χ0n) is 18.4. The van der Waals surface area contributed by atoms with Crippen LogP contribution in [0.25, 0.3) is 0 Å². The standard InChI is InChI=1S/C25H30N2O4/c1-17-10-12-26(13-11-17)24(19-6-8-20(30-3)9-7-19)23-22(28)15-18(2)27(25(23)29)16-21-5-4-14-31-21/h4-9,14-15,17,24,28H,10-13,16H2,1-3H3/t24-/m0/s1. The van der Waals surface area contributed by atoms with Gasteiger partial charge in [0.25, 0.3) is 5.56 Å². The number of likely N-dealkylation sites (tertiary alicyclic amines) is 1. The molecule has 2 aromatic heterocycles. The lowest BCUT2D eigenvalue weighted by molar-refractivity contribution is 0.154. The fourth-order valence-electron chi connectivity index (χ4n) is 4.41. The van der Waals surface area contributed by atoms with Gasteiger partial charge in [0, 0.05) is 5.69 Å². The Morgan fingerprint density at radius 3 is 2.52 bits per heavy atom. The summed E-state index contributed by atoms with van der Waals surface area (Å²) in [4.78, 5) is 16.0. The second kappa shape index (κ2) is 9.02. The van der Waals surface area contributed by atoms with E-state index in [1.807, 2.05) is 43.3 Å². The van der Waals surface area contributed by atoms with E-state index >= 15 is 0 Å². The monoisotopic (exact) mass is 422 g/mol. The predicted molar refractivity (Wildman–Crippen MR) is 120 cm³/mol. The molecule has 164 valence electrons. The number of ether oxygens (including phenoxy) is 1. The highest BCUT2D eigenvalue weighted by Gasteiger charge is 2.31. The maximum atomic E-state index is 13.7. The Hall–Kier alpha value is -2.99. The quantitative estimate of drug-likeness (QED) is 0.640. The van der Waals surface area contributed by atoms with E-state index in [0.29, 0.717) is 29.5 Å². The van der Waals surface area contributed by atoms with Crippen molar-refractivity contribution in [1.82, 2.24) is 9.47 Å². The number of aryl methyl sites for hydroxylation is 1. The lowest BCUT2D eigenvalue weighted by Crippen LogP contribution is -2.40. The number of aromatic hydroxyl groups is 1. The summed E-state index contributed by atoms with van der Waals surface area (Å²) in [6.45, 7) is 6.18. The molecule has 0 saturated carbocycles. The van der Waals surface area contributed by atoms with Crippen LogP contribution >= 0.6 is 0 Å². The van der Waals surface area contributed by atoms with Crippen LogP contribution in [0, 0.1) is 12.8 Å². The van der Waals surface area contributed by atoms with Crippen molar-refractivity contribution in [3.63, 3.8) is 0 Å². The van der Waals surface area contributed by atoms with Crippen molar-refractivity contribution >= 4 is 0 Å². The van der Waals surface area contributed by atoms with E-state index in [1.165, 1.54) is 0 Å². The van der Waals surface area contributed by atoms with Crippen LogP contribution in [0.1, 0.15) is 48.4 Å². The maximum absolute atomic E-state index is 13.7. The molecule has 4 rings (SSSR count). The first-order valence-electron chi connectivity index (χ1n) is 10.8. The molecule has 1 aliphatic heterocycles. The van der Waals surface area contributed by atoms with Gasteiger partial charge >= 0.3 is 0 Å². The van der Waals surface area contributed by atoms with Crippen LogP contribution in [0.2, 0.25) is 0 Å². The first-order chi connectivity index (χ1) is 15.0. The molecule has 1 aliphatic rings. The topological polar surface area (TPSA) is 67.8 Å². The molecule has 31 heavy (non-hydrogen) atoms. The van der Waals surface area contributed by atoms with Crippen LogP contribution in [-0.4, -0.2) is 34.8 Å². The number of rotatable bonds is 6. The van der Waals surface area contributed by atoms with Gasteiger partial charge < -0.3 is 18.8 Å². The molecule has 1 N–H and O–H groups in total. The number of methoxy groups -OCH3 is 1. The van der Waals surface area contributed by atoms with E-state index in [4.69, 9.17) is 9.15 Å². The molecule has 0 radical (unpaired) electrons. The summed E-state index contributed by atoms with van der Waals surface area (Å²) >= 11 is 0. The number of aromatic nitrogens is 1. The van der Waals surface area contributed by atoms with E-state index in [9.17, 15) is 9.90 Å². The minimum atomic E-state index is -0.325. The Bertz CT molecular complexity index is 1060. The SMILES string of the molecule is COc1ccc([C@@H](c2c(O)cc(C)n(Cc3ccco3)c2=O)N2CCC(C)CC2)cc1. The summed E-state index contributed by atoms with van der Waals surface area (Å²) in [6, 6.07) is 12.8. The lowest BCUT2D eigenvalue weighted by Gasteiger charge is -2.37. The third kappa shape index (κ3) is 4.39. The molecule has 0 amide bonds. The Morgan fingerprint density at radius 2 is 1.90 bits per heavy atom. The molecule has 3 aromatic rings. The molecule has 0 spiro atoms. The predicted octanol–water partition coefficient (Wildman–Crippen LogP) is 4.33. The van der Waals surface area contributed by atoms with E-state index in [1.54, 1.807) is 24.0 Å². The van der Waals surface area contributed by atoms with Gasteiger partial charge in [-0.1, -0.05) is 19.1 Å². The fourth-order valence-corrected chi connectivity index (χ4v) is 4.41. The highest BCUT2D eigenvalue weighted by molar-refractivity contribution is 5.42. The molecule has 6 heteroatoms. The van der Waals surface area contributed by atoms with Gasteiger partial charge in [-0.3, -0.25) is 9.69 Å². The highest BCUT2D eigenvalue weighted by atomic mass is 16.5. The van der Waals surface area contributed by atoms with Gasteiger partial charge in [0.05, 0.1) is 31.5 Å². The average molecular weight is 423 g/mol. The summed E-state index contributed by atoms with van der Waals surface area (Å²) in [5.74, 6) is 2.17. The number of hydrogen-bond donors (Lipinski definition) is 1. The van der Waals surface area contributed by atoms with Crippen LogP contribution in [-0.2, 0) is 6.54 Å². The van der Waals surface area contributed by atoms with Crippen molar-refractivity contribution in [3.8, 4) is 11.5 Å². The molecule has 0 unspecified atom stereocenters. The fraction of sp³-hybridized carbons (Fsp3) is 0.400. The summed E-state index contributed by atoms with van der Waals surface area (Å²) in [5.41, 5.74) is 1.89. The van der Waals surface area contributed by atoms with Gasteiger partial charge in [0.15, 0.2) is 0 Å². The van der Waals surface area contributed by atoms with Crippen molar-refractivity contribution in [2.24, 2.45) is 5.92 Å². The van der Waals surface area contributed by atoms with Crippen molar-refractivity contribution in [2.75, 3.05) is 20.2 Å². The van der Waals surface area contributed by atoms with Gasteiger partial charge in [0.2, 0.25) is 0 Å². The Kier molecular flexibility index (Phi) is 6.18. The number of hydrogen-bond acceptors (Lipinski definition) is 5. The van der Waals surface area contributed by atoms with Crippen molar-refractivity contribution in [3.05, 3.63) is 81.7 Å². The zero-order chi connectivity index (χ0) is 22.0. The second-order valence-corrected chi connectivity index (χ2v) is 8.45. The summed E-state index contributed by atoms with van der Waals surface area (Å²) in [5, 5.41) is 10.9. The molecule has 0 aliphatic carbocycles. The molecular formula is C25H30N2O4. The summed E-state index contributed by atoms with van der Waals surface area (Å²) in [7, 11) is 1.64. The lowest BCUT2D eigenvalue weighted by atomic mass is 9.92. The van der Waals surface area contributed by atoms with E-state index in [2.05, 4.69) is 11.8 Å². The van der Waals surface area contributed by atoms with Crippen molar-refractivity contribution in [1.29, 1.82) is 0 Å². The second-order valence-electron chi connectivity index (χ2n) is 8.45. The Labute approximate surface area is 182 Å². The number of pyridine rings is 1. The maximum Gasteiger partial charge on any atom is 0.260 e. The van der Waals surface area contributed by atoms with Crippen LogP contribution in [0.5, 0.6) is 11.5 Å². The first kappa shape index (κ1) is 21.2. The molecule has 1 aromatic carbocycles. The van der Waals surface area contributed by atoms with Gasteiger partial charge in [-0.2, -0.15) is 0 Å². The number of furan rings is 1. The zero-order valence-corrected chi connectivity index (χ0v) is 18.4. The van der Waals surface area contributed by atoms with Gasteiger partial charge in [-0.15, -0.1) is 0 Å². The van der Waals surface area contributed by atoms with E-state index in [-0.39, 0.29) is 17.4 Å². The third-order valence-corrected chi connectivity index (χ3v) is 6.31. The van der Waals surface area contributed by atoms with Crippen LogP contribution < -0.4 is 10.3 Å². The van der Waals surface area contributed by atoms with E-state index in [0.717, 1.165) is 37.2 Å². The summed E-state index contributed by atoms with van der Waals surface area (Å²) < 4.78 is 12.5. The minimum Gasteiger partial charge on any atom is -0.507 e. The molecule has 1 saturated heterocycles. The molecular weight excluding hydrogens is 392 g/mol. The molecule has 0 bridgehead atoms. The smallest absolute Gasteiger partial charge is 0.260 e. The Balaban J connectivity index is 1.82.